The zero-order valence-electron chi connectivity index (χ0n) is 24.7. The van der Waals surface area contributed by atoms with Gasteiger partial charge in [0.25, 0.3) is 5.56 Å². The van der Waals surface area contributed by atoms with Gasteiger partial charge in [-0.15, -0.1) is 0 Å². The molecule has 230 valence electrons. The van der Waals surface area contributed by atoms with Crippen molar-refractivity contribution in [3.05, 3.63) is 81.6 Å². The Bertz CT molecular complexity index is 1990. The minimum Gasteiger partial charge on any atom is -0.507 e. The van der Waals surface area contributed by atoms with Gasteiger partial charge in [-0.2, -0.15) is 0 Å². The van der Waals surface area contributed by atoms with Gasteiger partial charge in [-0.3, -0.25) is 23.9 Å². The number of nitrogens with zero attached hydrogens (tertiary/aromatic N) is 5. The van der Waals surface area contributed by atoms with Crippen LogP contribution in [-0.2, 0) is 9.59 Å². The summed E-state index contributed by atoms with van der Waals surface area (Å²) in [6.45, 7) is 7.80. The van der Waals surface area contributed by atoms with Crippen molar-refractivity contribution in [1.82, 2.24) is 19.4 Å². The van der Waals surface area contributed by atoms with Crippen molar-refractivity contribution in [2.45, 2.75) is 51.1 Å². The van der Waals surface area contributed by atoms with Crippen LogP contribution in [0.25, 0.3) is 28.0 Å². The number of halogens is 2. The molecule has 3 aromatic heterocycles. The van der Waals surface area contributed by atoms with Gasteiger partial charge in [0.15, 0.2) is 5.65 Å². The molecule has 3 aliphatic rings. The van der Waals surface area contributed by atoms with Gasteiger partial charge >= 0.3 is 0 Å². The number of piperazine rings is 1. The van der Waals surface area contributed by atoms with E-state index in [1.165, 1.54) is 28.8 Å². The first-order valence-corrected chi connectivity index (χ1v) is 15.3. The third-order valence-corrected chi connectivity index (χ3v) is 9.30. The van der Waals surface area contributed by atoms with Gasteiger partial charge in [0.05, 0.1) is 39.9 Å². The molecule has 10 nitrogen and oxygen atoms in total. The summed E-state index contributed by atoms with van der Waals surface area (Å²) in [6.07, 6.45) is 5.37. The normalized spacial score (nSPS) is 19.2. The minimum absolute atomic E-state index is 0.0355. The molecule has 4 aromatic rings. The maximum Gasteiger partial charge on any atom is 0.282 e. The van der Waals surface area contributed by atoms with Crippen LogP contribution in [-0.4, -0.2) is 61.5 Å². The fraction of sp³-hybridized carbons (Fsp3) is 0.303. The van der Waals surface area contributed by atoms with Gasteiger partial charge in [0, 0.05) is 30.1 Å². The predicted molar refractivity (Wildman–Crippen MR) is 170 cm³/mol. The van der Waals surface area contributed by atoms with E-state index in [-0.39, 0.29) is 64.3 Å². The molecule has 1 saturated heterocycles. The first-order valence-electron chi connectivity index (χ1n) is 14.9. The largest absolute Gasteiger partial charge is 0.507 e. The number of rotatable bonds is 5. The van der Waals surface area contributed by atoms with E-state index in [0.717, 1.165) is 24.1 Å². The molecule has 0 unspecified atom stereocenters. The summed E-state index contributed by atoms with van der Waals surface area (Å²) >= 11 is 6.82. The number of carbonyl (C=O) groups is 2. The highest BCUT2D eigenvalue weighted by atomic mass is 35.5. The number of aromatic hydroxyl groups is 1. The number of phenolic OH excluding ortho intramolecular Hbond substituents is 1. The maximum absolute atomic E-state index is 15.2. The molecule has 45 heavy (non-hydrogen) atoms. The number of amides is 2. The number of phenols is 1. The Balaban J connectivity index is 1.57. The van der Waals surface area contributed by atoms with E-state index in [4.69, 9.17) is 16.6 Å². The molecule has 7 rings (SSSR count). The Hall–Kier alpha value is -4.77. The van der Waals surface area contributed by atoms with E-state index in [0.29, 0.717) is 23.2 Å². The van der Waals surface area contributed by atoms with Crippen molar-refractivity contribution in [3.8, 4) is 22.7 Å². The number of nitrogens with one attached hydrogen (secondary N) is 1. The molecule has 0 radical (unpaired) electrons. The van der Waals surface area contributed by atoms with Gasteiger partial charge in [-0.1, -0.05) is 31.2 Å². The van der Waals surface area contributed by atoms with E-state index < -0.39 is 23.3 Å². The molecule has 5 heterocycles. The highest BCUT2D eigenvalue weighted by Crippen LogP contribution is 2.46. The second-order valence-corrected chi connectivity index (χ2v) is 12.1. The van der Waals surface area contributed by atoms with Crippen molar-refractivity contribution >= 4 is 45.8 Å². The quantitative estimate of drug-likeness (QED) is 0.296. The van der Waals surface area contributed by atoms with Crippen LogP contribution in [0.2, 0.25) is 5.02 Å². The fourth-order valence-corrected chi connectivity index (χ4v) is 6.87. The number of hydrogen-bond acceptors (Lipinski definition) is 7. The van der Waals surface area contributed by atoms with Crippen molar-refractivity contribution in [1.29, 1.82) is 0 Å². The Morgan fingerprint density at radius 3 is 2.69 bits per heavy atom. The van der Waals surface area contributed by atoms with Crippen LogP contribution in [0, 0.1) is 12.7 Å². The number of pyridine rings is 3. The van der Waals surface area contributed by atoms with E-state index in [1.54, 1.807) is 23.2 Å². The van der Waals surface area contributed by atoms with Crippen molar-refractivity contribution in [3.63, 3.8) is 0 Å². The molecular formula is C33H30ClFN6O4. The van der Waals surface area contributed by atoms with Crippen LogP contribution in [0.1, 0.15) is 43.4 Å². The summed E-state index contributed by atoms with van der Waals surface area (Å²) in [6, 6.07) is 6.25. The molecule has 2 atom stereocenters. The number of aromatic nitrogens is 3. The highest BCUT2D eigenvalue weighted by molar-refractivity contribution is 6.34. The summed E-state index contributed by atoms with van der Waals surface area (Å²) in [7, 11) is 0. The third kappa shape index (κ3) is 4.48. The maximum atomic E-state index is 15.2. The van der Waals surface area contributed by atoms with E-state index in [2.05, 4.69) is 16.9 Å². The number of benzene rings is 1. The average Bonchev–Trinajstić information content (AvgIpc) is 3.87. The molecule has 2 N–H and O–H groups in total. The first kappa shape index (κ1) is 29.0. The molecule has 0 bridgehead atoms. The summed E-state index contributed by atoms with van der Waals surface area (Å²) in [5.74, 6) is -1.63. The molecule has 1 aromatic carbocycles. The molecule has 0 spiro atoms. The summed E-state index contributed by atoms with van der Waals surface area (Å²) in [5, 5.41) is 14.0. The molecule has 2 aliphatic heterocycles. The Morgan fingerprint density at radius 2 is 2.00 bits per heavy atom. The van der Waals surface area contributed by atoms with Gasteiger partial charge in [-0.05, 0) is 62.1 Å². The number of fused-ring (bicyclic) bond motifs is 5. The summed E-state index contributed by atoms with van der Waals surface area (Å²) < 4.78 is 16.6. The van der Waals surface area contributed by atoms with Gasteiger partial charge in [0.1, 0.15) is 23.3 Å². The molecule has 2 amide bonds. The zero-order valence-corrected chi connectivity index (χ0v) is 25.4. The van der Waals surface area contributed by atoms with Crippen molar-refractivity contribution in [2.75, 3.05) is 23.3 Å². The molecular weight excluding hydrogens is 599 g/mol. The molecule has 1 aliphatic carbocycles. The Kier molecular flexibility index (Phi) is 6.88. The number of aryl methyl sites for hydroxylation is 1. The fourth-order valence-electron chi connectivity index (χ4n) is 6.63. The standard InChI is InChI=1S/C33H30ClFN6O4/c1-4-18-14-40-22(15-39(18)24(43)5-2)32(44)38-28-30(40)19-13-20(34)27(25-21(35)7-6-8-23(25)42)37-31(19)41(33(28)45)29-16(3)11-12-36-26(29)17-9-10-17/h5-8,11-13,17-18,22,42H,2,4,9-10,14-15H2,1,3H3,(H,38,44)/t18-,22-/m1/s1. The van der Waals surface area contributed by atoms with E-state index in [9.17, 15) is 19.5 Å². The highest BCUT2D eigenvalue weighted by Gasteiger charge is 2.44. The molecule has 1 saturated carbocycles. The zero-order chi connectivity index (χ0) is 31.7. The van der Waals surface area contributed by atoms with Crippen LogP contribution in [0.3, 0.4) is 0 Å². The second-order valence-electron chi connectivity index (χ2n) is 11.7. The lowest BCUT2D eigenvalue weighted by atomic mass is 9.97. The summed E-state index contributed by atoms with van der Waals surface area (Å²) in [5.41, 5.74) is 1.94. The predicted octanol–water partition coefficient (Wildman–Crippen LogP) is 5.07. The Labute approximate surface area is 262 Å². The topological polar surface area (TPSA) is 121 Å². The lowest BCUT2D eigenvalue weighted by Gasteiger charge is -2.48. The van der Waals surface area contributed by atoms with Gasteiger partial charge in [0.2, 0.25) is 11.8 Å². The van der Waals surface area contributed by atoms with Crippen LogP contribution in [0.4, 0.5) is 15.8 Å². The SMILES string of the molecule is C=CC(=O)N1C[C@@H]2C(=O)Nc3c(c4cc(Cl)c(-c5c(O)cccc5F)nc4n(-c4c(C)ccnc4C4CC4)c3=O)N2C[C@H]1CC. The third-order valence-electron chi connectivity index (χ3n) is 9.01. The smallest absolute Gasteiger partial charge is 0.282 e. The number of anilines is 2. The molecule has 12 heteroatoms. The monoisotopic (exact) mass is 628 g/mol. The second kappa shape index (κ2) is 10.7. The number of carbonyl (C=O) groups excluding carboxylic acids is 2. The van der Waals surface area contributed by atoms with Crippen LogP contribution < -0.4 is 15.8 Å². The Morgan fingerprint density at radius 1 is 1.22 bits per heavy atom. The summed E-state index contributed by atoms with van der Waals surface area (Å²) in [4.78, 5) is 54.0. The van der Waals surface area contributed by atoms with Crippen LogP contribution in [0.5, 0.6) is 5.75 Å². The first-order chi connectivity index (χ1) is 21.6. The average molecular weight is 629 g/mol. The number of hydrogen-bond donors (Lipinski definition) is 2. The van der Waals surface area contributed by atoms with Crippen molar-refractivity contribution in [2.24, 2.45) is 0 Å². The van der Waals surface area contributed by atoms with Crippen LogP contribution in [0.15, 0.2) is 54.0 Å². The lowest BCUT2D eigenvalue weighted by Crippen LogP contribution is -2.65. The lowest BCUT2D eigenvalue weighted by molar-refractivity contribution is -0.130. The van der Waals surface area contributed by atoms with E-state index in [1.807, 2.05) is 18.7 Å². The molecule has 2 fully saturated rings. The van der Waals surface area contributed by atoms with Gasteiger partial charge < -0.3 is 20.2 Å². The van der Waals surface area contributed by atoms with Gasteiger partial charge in [-0.25, -0.2) is 9.37 Å². The van der Waals surface area contributed by atoms with Crippen LogP contribution >= 0.6 is 11.6 Å². The minimum atomic E-state index is -0.793. The van der Waals surface area contributed by atoms with E-state index >= 15 is 4.39 Å². The van der Waals surface area contributed by atoms with Crippen molar-refractivity contribution < 1.29 is 19.1 Å².